The van der Waals surface area contributed by atoms with E-state index in [1.54, 1.807) is 0 Å². The molecular formula is C18H26N2O. The lowest BCUT2D eigenvalue weighted by atomic mass is 9.91. The second-order valence-electron chi connectivity index (χ2n) is 6.54. The molecule has 2 fully saturated rings. The lowest BCUT2D eigenvalue weighted by molar-refractivity contribution is -0.125. The van der Waals surface area contributed by atoms with Crippen LogP contribution in [0.15, 0.2) is 30.3 Å². The van der Waals surface area contributed by atoms with Crippen LogP contribution in [0, 0.1) is 11.8 Å². The lowest BCUT2D eigenvalue weighted by Crippen LogP contribution is -2.44. The van der Waals surface area contributed by atoms with Crippen molar-refractivity contribution in [2.24, 2.45) is 11.8 Å². The number of hydrogen-bond donors (Lipinski definition) is 2. The van der Waals surface area contributed by atoms with Gasteiger partial charge in [-0.2, -0.15) is 0 Å². The molecule has 0 aromatic heterocycles. The first-order valence-corrected chi connectivity index (χ1v) is 8.38. The van der Waals surface area contributed by atoms with Crippen LogP contribution in [0.2, 0.25) is 0 Å². The Morgan fingerprint density at radius 3 is 2.62 bits per heavy atom. The summed E-state index contributed by atoms with van der Waals surface area (Å²) in [4.78, 5) is 12.5. The monoisotopic (exact) mass is 286 g/mol. The third-order valence-corrected chi connectivity index (χ3v) is 5.03. The van der Waals surface area contributed by atoms with Gasteiger partial charge in [-0.3, -0.25) is 4.79 Å². The summed E-state index contributed by atoms with van der Waals surface area (Å²) in [7, 11) is 0. The Hall–Kier alpha value is -1.35. The van der Waals surface area contributed by atoms with Crippen LogP contribution in [-0.4, -0.2) is 25.0 Å². The number of nitrogens with one attached hydrogen (secondary N) is 2. The van der Waals surface area contributed by atoms with Crippen molar-refractivity contribution >= 4 is 5.91 Å². The Morgan fingerprint density at radius 1 is 1.19 bits per heavy atom. The average Bonchev–Trinajstić information content (AvgIpc) is 3.21. The summed E-state index contributed by atoms with van der Waals surface area (Å²) in [5, 5.41) is 6.66. The zero-order chi connectivity index (χ0) is 14.5. The summed E-state index contributed by atoms with van der Waals surface area (Å²) < 4.78 is 0. The number of rotatable bonds is 5. The van der Waals surface area contributed by atoms with E-state index >= 15 is 0 Å². The van der Waals surface area contributed by atoms with E-state index in [1.807, 2.05) is 0 Å². The number of carbonyl (C=O) groups is 1. The minimum absolute atomic E-state index is 0.171. The summed E-state index contributed by atoms with van der Waals surface area (Å²) in [5.74, 6) is 1.08. The predicted octanol–water partition coefficient (Wildman–Crippen LogP) is 2.51. The van der Waals surface area contributed by atoms with E-state index in [0.29, 0.717) is 12.0 Å². The molecule has 2 N–H and O–H groups in total. The summed E-state index contributed by atoms with van der Waals surface area (Å²) in [6, 6.07) is 10.9. The zero-order valence-corrected chi connectivity index (χ0v) is 12.7. The van der Waals surface area contributed by atoms with Crippen LogP contribution in [0.1, 0.15) is 37.7 Å². The highest BCUT2D eigenvalue weighted by atomic mass is 16.2. The standard InChI is InChI=1S/C18H26N2O/c21-18(16-10-11-19-13-16)20-17(15-8-4-5-9-15)12-14-6-2-1-3-7-14/h1-3,6-7,15-17,19H,4-5,8-13H2,(H,20,21). The Kier molecular flexibility index (Phi) is 4.91. The van der Waals surface area contributed by atoms with E-state index in [1.165, 1.54) is 31.2 Å². The van der Waals surface area contributed by atoms with E-state index in [4.69, 9.17) is 0 Å². The maximum atomic E-state index is 12.5. The molecule has 1 aromatic rings. The van der Waals surface area contributed by atoms with Gasteiger partial charge in [0, 0.05) is 12.6 Å². The number of amides is 1. The third-order valence-electron chi connectivity index (χ3n) is 5.03. The van der Waals surface area contributed by atoms with Crippen LogP contribution in [0.25, 0.3) is 0 Å². The quantitative estimate of drug-likeness (QED) is 0.873. The Morgan fingerprint density at radius 2 is 1.95 bits per heavy atom. The molecule has 3 nitrogen and oxygen atoms in total. The first kappa shape index (κ1) is 14.6. The minimum atomic E-state index is 0.171. The molecule has 1 aromatic carbocycles. The lowest BCUT2D eigenvalue weighted by Gasteiger charge is -2.26. The molecule has 1 saturated heterocycles. The van der Waals surface area contributed by atoms with Gasteiger partial charge in [0.05, 0.1) is 5.92 Å². The van der Waals surface area contributed by atoms with Crippen LogP contribution in [0.3, 0.4) is 0 Å². The highest BCUT2D eigenvalue weighted by Gasteiger charge is 2.29. The van der Waals surface area contributed by atoms with Gasteiger partial charge in [0.15, 0.2) is 0 Å². The maximum absolute atomic E-state index is 12.5. The van der Waals surface area contributed by atoms with Gasteiger partial charge in [-0.1, -0.05) is 43.2 Å². The largest absolute Gasteiger partial charge is 0.352 e. The van der Waals surface area contributed by atoms with E-state index in [2.05, 4.69) is 41.0 Å². The maximum Gasteiger partial charge on any atom is 0.224 e. The molecule has 1 amide bonds. The summed E-state index contributed by atoms with van der Waals surface area (Å²) in [6.45, 7) is 1.82. The van der Waals surface area contributed by atoms with Gasteiger partial charge in [0.2, 0.25) is 5.91 Å². The van der Waals surface area contributed by atoms with E-state index in [0.717, 1.165) is 25.9 Å². The first-order valence-electron chi connectivity index (χ1n) is 8.38. The highest BCUT2D eigenvalue weighted by Crippen LogP contribution is 2.29. The number of hydrogen-bond acceptors (Lipinski definition) is 2. The average molecular weight is 286 g/mol. The Labute approximate surface area is 127 Å². The molecule has 1 aliphatic heterocycles. The molecule has 2 atom stereocenters. The molecule has 2 unspecified atom stereocenters. The van der Waals surface area contributed by atoms with Gasteiger partial charge in [-0.15, -0.1) is 0 Å². The van der Waals surface area contributed by atoms with Crippen molar-refractivity contribution in [2.45, 2.75) is 44.6 Å². The van der Waals surface area contributed by atoms with Crippen molar-refractivity contribution in [3.05, 3.63) is 35.9 Å². The second kappa shape index (κ2) is 7.08. The van der Waals surface area contributed by atoms with Crippen LogP contribution in [0.5, 0.6) is 0 Å². The van der Waals surface area contributed by atoms with Gasteiger partial charge in [-0.05, 0) is 43.7 Å². The number of carbonyl (C=O) groups excluding carboxylic acids is 1. The fraction of sp³-hybridized carbons (Fsp3) is 0.611. The molecule has 114 valence electrons. The SMILES string of the molecule is O=C(NC(Cc1ccccc1)C1CCCC1)C1CCNC1. The van der Waals surface area contributed by atoms with Crippen molar-refractivity contribution in [3.8, 4) is 0 Å². The molecule has 0 spiro atoms. The fourth-order valence-corrected chi connectivity index (χ4v) is 3.74. The van der Waals surface area contributed by atoms with Gasteiger partial charge in [0.1, 0.15) is 0 Å². The Balaban J connectivity index is 1.65. The van der Waals surface area contributed by atoms with Crippen molar-refractivity contribution in [1.29, 1.82) is 0 Å². The van der Waals surface area contributed by atoms with Crippen LogP contribution in [0.4, 0.5) is 0 Å². The van der Waals surface area contributed by atoms with Crippen molar-refractivity contribution in [3.63, 3.8) is 0 Å². The van der Waals surface area contributed by atoms with Crippen LogP contribution < -0.4 is 10.6 Å². The van der Waals surface area contributed by atoms with E-state index in [9.17, 15) is 4.79 Å². The van der Waals surface area contributed by atoms with Crippen LogP contribution in [-0.2, 0) is 11.2 Å². The van der Waals surface area contributed by atoms with Gasteiger partial charge in [-0.25, -0.2) is 0 Å². The van der Waals surface area contributed by atoms with E-state index < -0.39 is 0 Å². The summed E-state index contributed by atoms with van der Waals surface area (Å²) in [5.41, 5.74) is 1.33. The zero-order valence-electron chi connectivity index (χ0n) is 12.7. The van der Waals surface area contributed by atoms with Gasteiger partial charge < -0.3 is 10.6 Å². The van der Waals surface area contributed by atoms with E-state index in [-0.39, 0.29) is 11.8 Å². The van der Waals surface area contributed by atoms with Crippen molar-refractivity contribution in [1.82, 2.24) is 10.6 Å². The summed E-state index contributed by atoms with van der Waals surface area (Å²) >= 11 is 0. The first-order chi connectivity index (χ1) is 10.3. The molecule has 1 heterocycles. The molecule has 1 aliphatic carbocycles. The fourth-order valence-electron chi connectivity index (χ4n) is 3.74. The minimum Gasteiger partial charge on any atom is -0.352 e. The normalized spacial score (nSPS) is 24.1. The molecule has 21 heavy (non-hydrogen) atoms. The number of benzene rings is 1. The molecule has 3 heteroatoms. The molecule has 3 rings (SSSR count). The topological polar surface area (TPSA) is 41.1 Å². The predicted molar refractivity (Wildman–Crippen MR) is 85.0 cm³/mol. The summed E-state index contributed by atoms with van der Waals surface area (Å²) in [6.07, 6.45) is 7.11. The molecule has 1 saturated carbocycles. The van der Waals surface area contributed by atoms with Crippen LogP contribution >= 0.6 is 0 Å². The van der Waals surface area contributed by atoms with Gasteiger partial charge in [0.25, 0.3) is 0 Å². The second-order valence-corrected chi connectivity index (χ2v) is 6.54. The van der Waals surface area contributed by atoms with Crippen molar-refractivity contribution < 1.29 is 4.79 Å². The van der Waals surface area contributed by atoms with Crippen molar-refractivity contribution in [2.75, 3.05) is 13.1 Å². The van der Waals surface area contributed by atoms with Gasteiger partial charge >= 0.3 is 0 Å². The smallest absolute Gasteiger partial charge is 0.224 e. The third kappa shape index (κ3) is 3.85. The Bertz CT molecular complexity index is 448. The molecule has 0 radical (unpaired) electrons. The molecule has 2 aliphatic rings. The molecule has 0 bridgehead atoms. The highest BCUT2D eigenvalue weighted by molar-refractivity contribution is 5.79. The molecular weight excluding hydrogens is 260 g/mol.